The van der Waals surface area contributed by atoms with Gasteiger partial charge in [-0.15, -0.1) is 5.11 Å². The van der Waals surface area contributed by atoms with Crippen molar-refractivity contribution in [1.82, 2.24) is 4.98 Å². The SMILES string of the molecule is Cc1cc(Oc2ccc(C(N=N)=NN)cc2)ncc1[N+](=O)[O-]. The summed E-state index contributed by atoms with van der Waals surface area (Å²) in [5.74, 6) is 5.93. The summed E-state index contributed by atoms with van der Waals surface area (Å²) in [4.78, 5) is 14.1. The van der Waals surface area contributed by atoms with Gasteiger partial charge in [0.05, 0.1) is 4.92 Å². The van der Waals surface area contributed by atoms with Crippen LogP contribution in [0.25, 0.3) is 0 Å². The summed E-state index contributed by atoms with van der Waals surface area (Å²) in [5.41, 5.74) is 7.88. The average molecular weight is 300 g/mol. The number of hydrogen-bond donors (Lipinski definition) is 2. The van der Waals surface area contributed by atoms with E-state index in [4.69, 9.17) is 16.1 Å². The third kappa shape index (κ3) is 3.20. The van der Waals surface area contributed by atoms with Gasteiger partial charge in [0.1, 0.15) is 11.9 Å². The smallest absolute Gasteiger partial charge is 0.290 e. The van der Waals surface area contributed by atoms with Crippen molar-refractivity contribution in [3.05, 3.63) is 57.8 Å². The van der Waals surface area contributed by atoms with Crippen molar-refractivity contribution in [2.75, 3.05) is 0 Å². The lowest BCUT2D eigenvalue weighted by Crippen LogP contribution is -2.00. The van der Waals surface area contributed by atoms with E-state index >= 15 is 0 Å². The number of nitrogens with two attached hydrogens (primary N) is 1. The van der Waals surface area contributed by atoms with Crippen LogP contribution in [0.15, 0.2) is 46.7 Å². The Balaban J connectivity index is 2.19. The lowest BCUT2D eigenvalue weighted by molar-refractivity contribution is -0.385. The summed E-state index contributed by atoms with van der Waals surface area (Å²) in [5, 5.41) is 17.3. The fraction of sp³-hybridized carbons (Fsp3) is 0.0769. The molecule has 0 amide bonds. The minimum atomic E-state index is -0.501. The molecule has 112 valence electrons. The van der Waals surface area contributed by atoms with Crippen molar-refractivity contribution >= 4 is 11.5 Å². The third-order valence-corrected chi connectivity index (χ3v) is 2.82. The molecule has 0 radical (unpaired) electrons. The fourth-order valence-electron chi connectivity index (χ4n) is 1.73. The molecule has 0 saturated heterocycles. The molecule has 0 saturated carbocycles. The minimum absolute atomic E-state index is 0.0662. The highest BCUT2D eigenvalue weighted by Crippen LogP contribution is 2.24. The number of rotatable bonds is 4. The molecular weight excluding hydrogens is 288 g/mol. The maximum atomic E-state index is 10.7. The Kier molecular flexibility index (Phi) is 4.37. The molecule has 0 aliphatic rings. The number of nitrogens with zero attached hydrogens (tertiary/aromatic N) is 4. The third-order valence-electron chi connectivity index (χ3n) is 2.82. The van der Waals surface area contributed by atoms with Gasteiger partial charge in [0.15, 0.2) is 5.84 Å². The lowest BCUT2D eigenvalue weighted by atomic mass is 10.2. The van der Waals surface area contributed by atoms with E-state index < -0.39 is 4.92 Å². The molecule has 2 aromatic rings. The van der Waals surface area contributed by atoms with E-state index in [1.54, 1.807) is 31.2 Å². The van der Waals surface area contributed by atoms with Gasteiger partial charge in [-0.2, -0.15) is 5.10 Å². The largest absolute Gasteiger partial charge is 0.439 e. The van der Waals surface area contributed by atoms with Crippen molar-refractivity contribution in [3.8, 4) is 11.6 Å². The van der Waals surface area contributed by atoms with Gasteiger partial charge < -0.3 is 10.6 Å². The van der Waals surface area contributed by atoms with E-state index in [1.807, 2.05) is 0 Å². The zero-order valence-corrected chi connectivity index (χ0v) is 11.6. The van der Waals surface area contributed by atoms with Gasteiger partial charge in [-0.1, -0.05) is 0 Å². The van der Waals surface area contributed by atoms with E-state index in [0.717, 1.165) is 6.20 Å². The number of hydrazone groups is 1. The first-order chi connectivity index (χ1) is 10.5. The van der Waals surface area contributed by atoms with Gasteiger partial charge in [0.2, 0.25) is 5.88 Å². The average Bonchev–Trinajstić information content (AvgIpc) is 2.50. The van der Waals surface area contributed by atoms with E-state index in [1.165, 1.54) is 6.07 Å². The minimum Gasteiger partial charge on any atom is -0.439 e. The van der Waals surface area contributed by atoms with Crippen LogP contribution in [0.1, 0.15) is 11.1 Å². The molecule has 1 heterocycles. The fourth-order valence-corrected chi connectivity index (χ4v) is 1.73. The second-order valence-electron chi connectivity index (χ2n) is 4.26. The van der Waals surface area contributed by atoms with Crippen LogP contribution in [-0.4, -0.2) is 15.7 Å². The topological polar surface area (TPSA) is 140 Å². The molecule has 0 bridgehead atoms. The second kappa shape index (κ2) is 6.39. The summed E-state index contributed by atoms with van der Waals surface area (Å²) in [7, 11) is 0. The molecule has 3 N–H and O–H groups in total. The zero-order valence-electron chi connectivity index (χ0n) is 11.6. The molecule has 1 aromatic carbocycles. The first-order valence-electron chi connectivity index (χ1n) is 6.10. The Morgan fingerprint density at radius 1 is 1.41 bits per heavy atom. The normalized spacial score (nSPS) is 11.0. The summed E-state index contributed by atoms with van der Waals surface area (Å²) in [6, 6.07) is 8.01. The number of nitro groups is 1. The molecule has 0 aliphatic heterocycles. The van der Waals surface area contributed by atoms with Crippen LogP contribution in [-0.2, 0) is 0 Å². The van der Waals surface area contributed by atoms with E-state index in [-0.39, 0.29) is 17.4 Å². The predicted octanol–water partition coefficient (Wildman–Crippen LogP) is 2.74. The summed E-state index contributed by atoms with van der Waals surface area (Å²) in [6.45, 7) is 1.61. The van der Waals surface area contributed by atoms with Crippen molar-refractivity contribution in [1.29, 1.82) is 5.53 Å². The Morgan fingerprint density at radius 2 is 2.09 bits per heavy atom. The van der Waals surface area contributed by atoms with Crippen LogP contribution in [0.2, 0.25) is 0 Å². The maximum Gasteiger partial charge on any atom is 0.290 e. The number of nitrogens with one attached hydrogen (secondary N) is 1. The van der Waals surface area contributed by atoms with E-state index in [2.05, 4.69) is 15.2 Å². The Labute approximate surface area is 125 Å². The van der Waals surface area contributed by atoms with Gasteiger partial charge >= 0.3 is 0 Å². The van der Waals surface area contributed by atoms with Crippen LogP contribution < -0.4 is 10.6 Å². The number of pyridine rings is 1. The van der Waals surface area contributed by atoms with Crippen molar-refractivity contribution in [2.45, 2.75) is 6.92 Å². The summed E-state index contributed by atoms with van der Waals surface area (Å²) in [6.07, 6.45) is 1.15. The van der Waals surface area contributed by atoms with Crippen LogP contribution >= 0.6 is 0 Å². The number of benzene rings is 1. The van der Waals surface area contributed by atoms with Crippen molar-refractivity contribution in [3.63, 3.8) is 0 Å². The molecular formula is C13H12N6O3. The van der Waals surface area contributed by atoms with E-state index in [9.17, 15) is 10.1 Å². The highest BCUT2D eigenvalue weighted by atomic mass is 16.6. The van der Waals surface area contributed by atoms with Crippen LogP contribution in [0.3, 0.4) is 0 Å². The van der Waals surface area contributed by atoms with Crippen LogP contribution in [0.5, 0.6) is 11.6 Å². The highest BCUT2D eigenvalue weighted by molar-refractivity contribution is 5.98. The Morgan fingerprint density at radius 3 is 2.59 bits per heavy atom. The molecule has 9 nitrogen and oxygen atoms in total. The Bertz CT molecular complexity index is 742. The van der Waals surface area contributed by atoms with Crippen LogP contribution in [0.4, 0.5) is 5.69 Å². The molecule has 2 rings (SSSR count). The number of amidine groups is 1. The lowest BCUT2D eigenvalue weighted by Gasteiger charge is -2.06. The Hall–Kier alpha value is -3.36. The molecule has 0 unspecified atom stereocenters. The standard InChI is InChI=1S/C13H12N6O3/c1-8-6-12(16-7-11(8)19(20)21)22-10-4-2-9(3-5-10)13(17-14)18-15/h2-7,14H,15H2,1H3. The first-order valence-corrected chi connectivity index (χ1v) is 6.10. The number of hydrogen-bond acceptors (Lipinski definition) is 7. The molecule has 1 aromatic heterocycles. The van der Waals surface area contributed by atoms with Gasteiger partial charge in [-0.25, -0.2) is 10.5 Å². The van der Waals surface area contributed by atoms with Crippen LogP contribution in [0, 0.1) is 22.6 Å². The van der Waals surface area contributed by atoms with Crippen molar-refractivity contribution < 1.29 is 9.66 Å². The molecule has 9 heteroatoms. The molecule has 0 atom stereocenters. The summed E-state index contributed by atoms with van der Waals surface area (Å²) < 4.78 is 5.51. The molecule has 0 fully saturated rings. The zero-order chi connectivity index (χ0) is 16.1. The van der Waals surface area contributed by atoms with Gasteiger partial charge in [0.25, 0.3) is 5.69 Å². The van der Waals surface area contributed by atoms with Gasteiger partial charge in [-0.3, -0.25) is 10.1 Å². The van der Waals surface area contributed by atoms with E-state index in [0.29, 0.717) is 16.9 Å². The molecule has 22 heavy (non-hydrogen) atoms. The molecule has 0 aliphatic carbocycles. The predicted molar refractivity (Wildman–Crippen MR) is 78.0 cm³/mol. The quantitative estimate of drug-likeness (QED) is 0.223. The number of ether oxygens (including phenoxy) is 1. The molecule has 0 spiro atoms. The van der Waals surface area contributed by atoms with Crippen molar-refractivity contribution in [2.24, 2.45) is 16.1 Å². The second-order valence-corrected chi connectivity index (χ2v) is 4.26. The number of aromatic nitrogens is 1. The maximum absolute atomic E-state index is 10.7. The summed E-state index contributed by atoms with van der Waals surface area (Å²) >= 11 is 0. The first kappa shape index (κ1) is 15.0. The number of aryl methyl sites for hydroxylation is 1. The monoisotopic (exact) mass is 300 g/mol. The van der Waals surface area contributed by atoms with Gasteiger partial charge in [-0.05, 0) is 31.2 Å². The van der Waals surface area contributed by atoms with Gasteiger partial charge in [0, 0.05) is 17.2 Å². The highest BCUT2D eigenvalue weighted by Gasteiger charge is 2.12.